The lowest BCUT2D eigenvalue weighted by atomic mass is 9.71. The van der Waals surface area contributed by atoms with Gasteiger partial charge >= 0.3 is 5.97 Å². The van der Waals surface area contributed by atoms with E-state index in [0.717, 1.165) is 0 Å². The smallest absolute Gasteiger partial charge is 0.311 e. The molecule has 3 rings (SSSR count). The average Bonchev–Trinajstić information content (AvgIpc) is 2.84. The van der Waals surface area contributed by atoms with Crippen molar-refractivity contribution < 1.29 is 27.5 Å². The van der Waals surface area contributed by atoms with E-state index in [0.29, 0.717) is 5.56 Å². The Morgan fingerprint density at radius 3 is 2.32 bits per heavy atom. The zero-order valence-electron chi connectivity index (χ0n) is 16.5. The summed E-state index contributed by atoms with van der Waals surface area (Å²) in [5.74, 6) is -2.96. The Bertz CT molecular complexity index is 918. The minimum atomic E-state index is -3.56. The lowest BCUT2D eigenvalue weighted by Crippen LogP contribution is -2.70. The summed E-state index contributed by atoms with van der Waals surface area (Å²) in [5.41, 5.74) is -2.07. The minimum absolute atomic E-state index is 0.0735. The molecule has 0 radical (unpaired) electrons. The second-order valence-electron chi connectivity index (χ2n) is 8.59. The van der Waals surface area contributed by atoms with Crippen LogP contribution < -0.4 is 0 Å². The monoisotopic (exact) mass is 407 g/mol. The Hall–Kier alpha value is -2.22. The molecule has 0 aliphatic carbocycles. The Morgan fingerprint density at radius 2 is 1.75 bits per heavy atom. The summed E-state index contributed by atoms with van der Waals surface area (Å²) in [5, 5.41) is -1.11. The van der Waals surface area contributed by atoms with Gasteiger partial charge in [0.1, 0.15) is 11.3 Å². The van der Waals surface area contributed by atoms with Gasteiger partial charge in [-0.05, 0) is 12.5 Å². The first-order valence-electron chi connectivity index (χ1n) is 9.20. The highest BCUT2D eigenvalue weighted by atomic mass is 32.2. The molecule has 1 unspecified atom stereocenters. The van der Waals surface area contributed by atoms with E-state index >= 15 is 0 Å². The molecule has 8 heteroatoms. The van der Waals surface area contributed by atoms with Gasteiger partial charge in [0.25, 0.3) is 0 Å². The molecule has 1 aromatic carbocycles. The van der Waals surface area contributed by atoms with Crippen molar-refractivity contribution in [2.75, 3.05) is 12.3 Å². The number of esters is 1. The first kappa shape index (κ1) is 20.5. The maximum Gasteiger partial charge on any atom is 0.311 e. The lowest BCUT2D eigenvalue weighted by molar-refractivity contribution is -0.190. The third-order valence-corrected chi connectivity index (χ3v) is 7.38. The number of benzene rings is 1. The molecule has 0 saturated carbocycles. The third-order valence-electron chi connectivity index (χ3n) is 5.37. The SMILES string of the molecule is CC(C)(C)C(=O)C(C)(OC(=O)Cc1ccccc1)[C@H]1C(=O)N2CCS(=O)(=O)[C@@H]12. The van der Waals surface area contributed by atoms with Gasteiger partial charge < -0.3 is 9.64 Å². The average molecular weight is 407 g/mol. The number of β-lactam (4-membered cyclic amide) rings is 1. The van der Waals surface area contributed by atoms with E-state index in [2.05, 4.69) is 0 Å². The molecule has 0 aromatic heterocycles. The molecule has 1 aromatic rings. The van der Waals surface area contributed by atoms with Gasteiger partial charge in [0.2, 0.25) is 5.91 Å². The molecule has 3 atom stereocenters. The van der Waals surface area contributed by atoms with E-state index < -0.39 is 49.8 Å². The maximum atomic E-state index is 13.2. The quantitative estimate of drug-likeness (QED) is 0.540. The third kappa shape index (κ3) is 3.34. The van der Waals surface area contributed by atoms with Crippen LogP contribution in [0.4, 0.5) is 0 Å². The van der Waals surface area contributed by atoms with Crippen LogP contribution in [0.15, 0.2) is 30.3 Å². The van der Waals surface area contributed by atoms with Crippen LogP contribution in [0, 0.1) is 11.3 Å². The molecule has 2 aliphatic rings. The molecule has 2 heterocycles. The number of rotatable bonds is 5. The molecule has 152 valence electrons. The van der Waals surface area contributed by atoms with E-state index in [4.69, 9.17) is 4.74 Å². The van der Waals surface area contributed by atoms with E-state index in [1.165, 1.54) is 11.8 Å². The van der Waals surface area contributed by atoms with Crippen molar-refractivity contribution in [3.8, 4) is 0 Å². The maximum absolute atomic E-state index is 13.2. The molecular weight excluding hydrogens is 382 g/mol. The molecule has 2 saturated heterocycles. The topological polar surface area (TPSA) is 97.8 Å². The molecule has 2 aliphatic heterocycles. The Balaban J connectivity index is 1.94. The molecule has 0 bridgehead atoms. The number of hydrogen-bond donors (Lipinski definition) is 0. The van der Waals surface area contributed by atoms with E-state index in [9.17, 15) is 22.8 Å². The summed E-state index contributed by atoms with van der Waals surface area (Å²) in [6.07, 6.45) is -0.0735. The normalized spacial score (nSPS) is 25.4. The number of carbonyl (C=O) groups is 3. The lowest BCUT2D eigenvalue weighted by Gasteiger charge is -2.49. The molecule has 0 N–H and O–H groups in total. The number of fused-ring (bicyclic) bond motifs is 1. The zero-order chi connectivity index (χ0) is 20.9. The second-order valence-corrected chi connectivity index (χ2v) is 10.8. The highest BCUT2D eigenvalue weighted by Crippen LogP contribution is 2.46. The summed E-state index contributed by atoms with van der Waals surface area (Å²) >= 11 is 0. The number of sulfone groups is 1. The van der Waals surface area contributed by atoms with Gasteiger partial charge in [0, 0.05) is 12.0 Å². The van der Waals surface area contributed by atoms with Crippen molar-refractivity contribution in [2.45, 2.75) is 45.1 Å². The van der Waals surface area contributed by atoms with Crippen molar-refractivity contribution in [2.24, 2.45) is 11.3 Å². The van der Waals surface area contributed by atoms with Crippen LogP contribution in [0.25, 0.3) is 0 Å². The highest BCUT2D eigenvalue weighted by Gasteiger charge is 2.68. The van der Waals surface area contributed by atoms with Crippen molar-refractivity contribution >= 4 is 27.5 Å². The fraction of sp³-hybridized carbons (Fsp3) is 0.550. The van der Waals surface area contributed by atoms with Crippen molar-refractivity contribution in [1.29, 1.82) is 0 Å². The predicted octanol–water partition coefficient (Wildman–Crippen LogP) is 1.36. The van der Waals surface area contributed by atoms with E-state index in [-0.39, 0.29) is 18.7 Å². The van der Waals surface area contributed by atoms with E-state index in [1.54, 1.807) is 45.0 Å². The van der Waals surface area contributed by atoms with Crippen LogP contribution >= 0.6 is 0 Å². The van der Waals surface area contributed by atoms with Crippen LogP contribution in [0.2, 0.25) is 0 Å². The van der Waals surface area contributed by atoms with Gasteiger partial charge in [-0.1, -0.05) is 51.1 Å². The summed E-state index contributed by atoms with van der Waals surface area (Å²) in [6, 6.07) is 8.87. The second kappa shape index (κ2) is 6.69. The number of Topliss-reactive ketones (excluding diaryl/α,β-unsaturated/α-hetero) is 1. The summed E-state index contributed by atoms with van der Waals surface area (Å²) in [7, 11) is -3.56. The largest absolute Gasteiger partial charge is 0.450 e. The first-order valence-corrected chi connectivity index (χ1v) is 10.9. The van der Waals surface area contributed by atoms with Gasteiger partial charge in [-0.2, -0.15) is 0 Å². The van der Waals surface area contributed by atoms with Crippen LogP contribution in [0.5, 0.6) is 0 Å². The number of carbonyl (C=O) groups excluding carboxylic acids is 3. The fourth-order valence-electron chi connectivity index (χ4n) is 4.05. The summed E-state index contributed by atoms with van der Waals surface area (Å²) in [6.45, 7) is 6.45. The van der Waals surface area contributed by atoms with Crippen molar-refractivity contribution in [1.82, 2.24) is 4.90 Å². The van der Waals surface area contributed by atoms with Crippen LogP contribution in [-0.4, -0.2) is 54.2 Å². The molecule has 1 amide bonds. The highest BCUT2D eigenvalue weighted by molar-refractivity contribution is 7.92. The molecule has 28 heavy (non-hydrogen) atoms. The number of hydrogen-bond acceptors (Lipinski definition) is 6. The van der Waals surface area contributed by atoms with Crippen LogP contribution in [0.3, 0.4) is 0 Å². The summed E-state index contributed by atoms with van der Waals surface area (Å²) in [4.78, 5) is 39.7. The Labute approximate surface area is 165 Å². The number of nitrogens with zero attached hydrogens (tertiary/aromatic N) is 1. The van der Waals surface area contributed by atoms with Crippen LogP contribution in [0.1, 0.15) is 33.3 Å². The van der Waals surface area contributed by atoms with Gasteiger partial charge in [0.05, 0.1) is 12.2 Å². The Kier molecular flexibility index (Phi) is 4.90. The van der Waals surface area contributed by atoms with Gasteiger partial charge in [-0.15, -0.1) is 0 Å². The van der Waals surface area contributed by atoms with Gasteiger partial charge in [-0.3, -0.25) is 14.4 Å². The molecule has 7 nitrogen and oxygen atoms in total. The molecular formula is C20H25NO6S. The van der Waals surface area contributed by atoms with Crippen LogP contribution in [-0.2, 0) is 35.4 Å². The first-order chi connectivity index (χ1) is 12.9. The molecule has 2 fully saturated rings. The number of ether oxygens (including phenoxy) is 1. The van der Waals surface area contributed by atoms with Crippen molar-refractivity contribution in [3.05, 3.63) is 35.9 Å². The van der Waals surface area contributed by atoms with Crippen molar-refractivity contribution in [3.63, 3.8) is 0 Å². The van der Waals surface area contributed by atoms with E-state index in [1.807, 2.05) is 6.07 Å². The number of amides is 1. The standard InChI is InChI=1S/C20H25NO6S/c1-19(2,3)18(24)20(4,27-14(22)12-13-8-6-5-7-9-13)15-16(23)21-10-11-28(25,26)17(15)21/h5-9,15,17H,10-12H2,1-4H3/t15-,17-,20?/m0/s1. The summed E-state index contributed by atoms with van der Waals surface area (Å²) < 4.78 is 30.5. The van der Waals surface area contributed by atoms with Gasteiger partial charge in [0.15, 0.2) is 21.2 Å². The van der Waals surface area contributed by atoms with Gasteiger partial charge in [-0.25, -0.2) is 8.42 Å². The Morgan fingerprint density at radius 1 is 1.14 bits per heavy atom. The minimum Gasteiger partial charge on any atom is -0.450 e. The molecule has 0 spiro atoms. The fourth-order valence-corrected chi connectivity index (χ4v) is 6.13. The predicted molar refractivity (Wildman–Crippen MR) is 102 cm³/mol. The number of ketones is 1. The zero-order valence-corrected chi connectivity index (χ0v) is 17.3.